The van der Waals surface area contributed by atoms with Crippen molar-refractivity contribution in [2.75, 3.05) is 18.9 Å². The highest BCUT2D eigenvalue weighted by Crippen LogP contribution is 2.32. The van der Waals surface area contributed by atoms with E-state index < -0.39 is 0 Å². The van der Waals surface area contributed by atoms with E-state index >= 15 is 0 Å². The predicted octanol–water partition coefficient (Wildman–Crippen LogP) is 3.25. The van der Waals surface area contributed by atoms with Crippen LogP contribution in [0.1, 0.15) is 23.1 Å². The van der Waals surface area contributed by atoms with Gasteiger partial charge < -0.3 is 10.5 Å². The quantitative estimate of drug-likeness (QED) is 0.519. The number of ketones is 1. The lowest BCUT2D eigenvalue weighted by atomic mass is 10.3. The van der Waals surface area contributed by atoms with Crippen LogP contribution in [0.4, 0.5) is 5.69 Å². The van der Waals surface area contributed by atoms with Crippen LogP contribution >= 0.6 is 27.3 Å². The zero-order valence-corrected chi connectivity index (χ0v) is 12.3. The van der Waals surface area contributed by atoms with Gasteiger partial charge in [-0.1, -0.05) is 0 Å². The van der Waals surface area contributed by atoms with Crippen LogP contribution in [-0.4, -0.2) is 24.0 Å². The number of thiazole rings is 1. The highest BCUT2D eigenvalue weighted by Gasteiger charge is 2.14. The van der Waals surface area contributed by atoms with Crippen molar-refractivity contribution in [2.24, 2.45) is 0 Å². The van der Waals surface area contributed by atoms with E-state index in [1.54, 1.807) is 6.07 Å². The van der Waals surface area contributed by atoms with Gasteiger partial charge in [0, 0.05) is 23.2 Å². The van der Waals surface area contributed by atoms with Crippen LogP contribution in [0.2, 0.25) is 0 Å². The molecule has 0 saturated carbocycles. The van der Waals surface area contributed by atoms with Crippen LogP contribution in [0.15, 0.2) is 16.6 Å². The van der Waals surface area contributed by atoms with E-state index in [0.29, 0.717) is 30.3 Å². The lowest BCUT2D eigenvalue weighted by Gasteiger charge is -1.97. The van der Waals surface area contributed by atoms with E-state index in [1.807, 2.05) is 13.0 Å². The molecule has 0 saturated heterocycles. The Morgan fingerprint density at radius 3 is 3.06 bits per heavy atom. The lowest BCUT2D eigenvalue weighted by Crippen LogP contribution is -2.04. The van der Waals surface area contributed by atoms with Crippen molar-refractivity contribution < 1.29 is 9.53 Å². The van der Waals surface area contributed by atoms with Crippen LogP contribution in [0.3, 0.4) is 0 Å². The number of Topliss-reactive ketones (excluding diaryl/α,β-unsaturated/α-hetero) is 1. The fourth-order valence-corrected chi connectivity index (χ4v) is 3.18. The molecule has 0 radical (unpaired) electrons. The summed E-state index contributed by atoms with van der Waals surface area (Å²) in [6, 6.07) is 3.59. The van der Waals surface area contributed by atoms with Gasteiger partial charge in [0.1, 0.15) is 0 Å². The maximum absolute atomic E-state index is 11.9. The van der Waals surface area contributed by atoms with Crippen molar-refractivity contribution in [2.45, 2.75) is 13.3 Å². The third kappa shape index (κ3) is 2.88. The van der Waals surface area contributed by atoms with Gasteiger partial charge in [-0.3, -0.25) is 4.79 Å². The Kier molecular flexibility index (Phi) is 4.31. The zero-order valence-electron chi connectivity index (χ0n) is 9.90. The molecule has 6 heteroatoms. The number of benzene rings is 1. The maximum Gasteiger partial charge on any atom is 0.193 e. The van der Waals surface area contributed by atoms with E-state index in [1.165, 1.54) is 11.3 Å². The van der Waals surface area contributed by atoms with E-state index in [9.17, 15) is 4.79 Å². The second kappa shape index (κ2) is 5.77. The molecule has 4 nitrogen and oxygen atoms in total. The van der Waals surface area contributed by atoms with Crippen molar-refractivity contribution in [1.29, 1.82) is 0 Å². The number of aromatic nitrogens is 1. The van der Waals surface area contributed by atoms with Crippen LogP contribution in [0.25, 0.3) is 10.2 Å². The maximum atomic E-state index is 11.9. The van der Waals surface area contributed by atoms with Crippen LogP contribution < -0.4 is 5.73 Å². The number of hydrogen-bond donors (Lipinski definition) is 1. The van der Waals surface area contributed by atoms with Gasteiger partial charge in [0.15, 0.2) is 10.8 Å². The van der Waals surface area contributed by atoms with Crippen molar-refractivity contribution in [3.8, 4) is 0 Å². The Balaban J connectivity index is 2.24. The highest BCUT2D eigenvalue weighted by molar-refractivity contribution is 9.10. The van der Waals surface area contributed by atoms with Gasteiger partial charge in [-0.05, 0) is 35.0 Å². The average molecular weight is 329 g/mol. The SMILES string of the molecule is CCOCCC(=O)c1nc2cc(N)cc(Br)c2s1. The first kappa shape index (κ1) is 13.5. The fourth-order valence-electron chi connectivity index (χ4n) is 1.55. The van der Waals surface area contributed by atoms with Crippen LogP contribution in [0.5, 0.6) is 0 Å². The molecule has 0 fully saturated rings. The van der Waals surface area contributed by atoms with E-state index in [4.69, 9.17) is 10.5 Å². The molecule has 18 heavy (non-hydrogen) atoms. The molecule has 2 aromatic rings. The summed E-state index contributed by atoms with van der Waals surface area (Å²) in [6.45, 7) is 2.96. The molecule has 0 aliphatic rings. The number of fused-ring (bicyclic) bond motifs is 1. The summed E-state index contributed by atoms with van der Waals surface area (Å²) in [7, 11) is 0. The molecule has 0 unspecified atom stereocenters. The van der Waals surface area contributed by atoms with Crippen molar-refractivity contribution in [3.05, 3.63) is 21.6 Å². The number of rotatable bonds is 5. The number of nitrogens with zero attached hydrogens (tertiary/aromatic N) is 1. The molecular weight excluding hydrogens is 316 g/mol. The second-order valence-electron chi connectivity index (χ2n) is 3.74. The summed E-state index contributed by atoms with van der Waals surface area (Å²) in [5.74, 6) is 0.00937. The molecule has 2 rings (SSSR count). The molecule has 0 spiro atoms. The topological polar surface area (TPSA) is 65.2 Å². The summed E-state index contributed by atoms with van der Waals surface area (Å²) in [6.07, 6.45) is 0.362. The summed E-state index contributed by atoms with van der Waals surface area (Å²) in [4.78, 5) is 16.2. The number of ether oxygens (including phenoxy) is 1. The monoisotopic (exact) mass is 328 g/mol. The molecular formula is C12H13BrN2O2S. The first-order valence-electron chi connectivity index (χ1n) is 5.58. The zero-order chi connectivity index (χ0) is 13.1. The molecule has 0 aliphatic heterocycles. The number of carbonyl (C=O) groups is 1. The van der Waals surface area contributed by atoms with Crippen molar-refractivity contribution in [3.63, 3.8) is 0 Å². The third-order valence-electron chi connectivity index (χ3n) is 2.38. The first-order valence-corrected chi connectivity index (χ1v) is 7.19. The fraction of sp³-hybridized carbons (Fsp3) is 0.333. The summed E-state index contributed by atoms with van der Waals surface area (Å²) < 4.78 is 6.99. The summed E-state index contributed by atoms with van der Waals surface area (Å²) >= 11 is 4.81. The average Bonchev–Trinajstić information content (AvgIpc) is 2.73. The number of anilines is 1. The Morgan fingerprint density at radius 2 is 2.33 bits per heavy atom. The summed E-state index contributed by atoms with van der Waals surface area (Å²) in [5, 5.41) is 0.510. The Bertz CT molecular complexity index is 583. The van der Waals surface area contributed by atoms with Gasteiger partial charge in [-0.15, -0.1) is 11.3 Å². The molecule has 96 valence electrons. The van der Waals surface area contributed by atoms with E-state index in [-0.39, 0.29) is 5.78 Å². The van der Waals surface area contributed by atoms with Gasteiger partial charge in [0.05, 0.1) is 16.8 Å². The van der Waals surface area contributed by atoms with Crippen LogP contribution in [-0.2, 0) is 4.74 Å². The van der Waals surface area contributed by atoms with Crippen molar-refractivity contribution in [1.82, 2.24) is 4.98 Å². The largest absolute Gasteiger partial charge is 0.399 e. The lowest BCUT2D eigenvalue weighted by molar-refractivity contribution is 0.0895. The van der Waals surface area contributed by atoms with E-state index in [2.05, 4.69) is 20.9 Å². The van der Waals surface area contributed by atoms with Gasteiger partial charge >= 0.3 is 0 Å². The van der Waals surface area contributed by atoms with Crippen LogP contribution in [0, 0.1) is 0 Å². The number of nitrogens with two attached hydrogens (primary N) is 1. The Hall–Kier alpha value is -0.980. The van der Waals surface area contributed by atoms with Gasteiger partial charge in [-0.25, -0.2) is 4.98 Å². The number of halogens is 1. The first-order chi connectivity index (χ1) is 8.61. The van der Waals surface area contributed by atoms with E-state index in [0.717, 1.165) is 14.7 Å². The molecule has 1 aromatic heterocycles. The number of carbonyl (C=O) groups excluding carboxylic acids is 1. The van der Waals surface area contributed by atoms with Gasteiger partial charge in [-0.2, -0.15) is 0 Å². The second-order valence-corrected chi connectivity index (χ2v) is 5.59. The predicted molar refractivity (Wildman–Crippen MR) is 77.2 cm³/mol. The standard InChI is InChI=1S/C12H13BrN2O2S/c1-2-17-4-3-10(16)12-15-9-6-7(14)5-8(13)11(9)18-12/h5-6H,2-4,14H2,1H3. The molecule has 0 aliphatic carbocycles. The van der Waals surface area contributed by atoms with Crippen molar-refractivity contribution >= 4 is 49.0 Å². The Labute approximate surface area is 117 Å². The molecule has 0 amide bonds. The highest BCUT2D eigenvalue weighted by atomic mass is 79.9. The van der Waals surface area contributed by atoms with Gasteiger partial charge in [0.25, 0.3) is 0 Å². The minimum Gasteiger partial charge on any atom is -0.399 e. The summed E-state index contributed by atoms with van der Waals surface area (Å²) in [5.41, 5.74) is 7.13. The minimum atomic E-state index is 0.00937. The smallest absolute Gasteiger partial charge is 0.193 e. The molecule has 0 bridgehead atoms. The minimum absolute atomic E-state index is 0.00937. The molecule has 1 aromatic carbocycles. The number of nitrogen functional groups attached to an aromatic ring is 1. The molecule has 1 heterocycles. The van der Waals surface area contributed by atoms with Gasteiger partial charge in [0.2, 0.25) is 0 Å². The molecule has 0 atom stereocenters. The Morgan fingerprint density at radius 1 is 1.56 bits per heavy atom. The normalized spacial score (nSPS) is 11.0. The molecule has 2 N–H and O–H groups in total. The number of hydrogen-bond acceptors (Lipinski definition) is 5. The third-order valence-corrected chi connectivity index (χ3v) is 4.42.